The van der Waals surface area contributed by atoms with Gasteiger partial charge in [-0.25, -0.2) is 18.0 Å². The Balaban J connectivity index is 3.43. The molecule has 0 atom stereocenters. The van der Waals surface area contributed by atoms with Gasteiger partial charge in [0.2, 0.25) is 0 Å². The number of hydrogen-bond donors (Lipinski definition) is 2. The lowest BCUT2D eigenvalue weighted by molar-refractivity contribution is 0.0696. The molecule has 7 heteroatoms. The lowest BCUT2D eigenvalue weighted by atomic mass is 10.0. The van der Waals surface area contributed by atoms with Gasteiger partial charge in [-0.1, -0.05) is 6.92 Å². The van der Waals surface area contributed by atoms with E-state index in [9.17, 15) is 18.0 Å². The number of carboxylic acid groups (broad SMARTS) is 1. The summed E-state index contributed by atoms with van der Waals surface area (Å²) in [5.41, 5.74) is 4.03. The second-order valence-corrected chi connectivity index (χ2v) is 4.19. The van der Waals surface area contributed by atoms with Gasteiger partial charge in [0.25, 0.3) is 6.43 Å². The Hall–Kier alpha value is -2.31. The van der Waals surface area contributed by atoms with Crippen LogP contribution in [0, 0.1) is 5.82 Å². The Bertz CT molecular complexity index is 584. The van der Waals surface area contributed by atoms with Crippen molar-refractivity contribution in [1.29, 1.82) is 0 Å². The van der Waals surface area contributed by atoms with Gasteiger partial charge in [0.1, 0.15) is 5.82 Å². The quantitative estimate of drug-likeness (QED) is 0.793. The van der Waals surface area contributed by atoms with E-state index >= 15 is 0 Å². The van der Waals surface area contributed by atoms with E-state index in [0.717, 1.165) is 18.2 Å². The fourth-order valence-electron chi connectivity index (χ4n) is 1.68. The number of aliphatic imine (C=N–C) groups is 1. The molecule has 0 amide bonds. The maximum absolute atomic E-state index is 13.5. The summed E-state index contributed by atoms with van der Waals surface area (Å²) < 4.78 is 39.4. The Morgan fingerprint density at radius 1 is 1.38 bits per heavy atom. The zero-order chi connectivity index (χ0) is 16.0. The van der Waals surface area contributed by atoms with Gasteiger partial charge >= 0.3 is 5.97 Å². The Morgan fingerprint density at radius 2 is 2.00 bits per heavy atom. The number of carbonyl (C=O) groups is 1. The van der Waals surface area contributed by atoms with Crippen molar-refractivity contribution in [3.05, 3.63) is 46.9 Å². The number of nitrogens with zero attached hydrogens (tertiary/aromatic N) is 1. The molecule has 4 nitrogen and oxygen atoms in total. The molecule has 0 unspecified atom stereocenters. The van der Waals surface area contributed by atoms with E-state index in [1.54, 1.807) is 6.92 Å². The van der Waals surface area contributed by atoms with E-state index in [2.05, 4.69) is 4.99 Å². The molecule has 0 heterocycles. The van der Waals surface area contributed by atoms with Crippen molar-refractivity contribution in [3.63, 3.8) is 0 Å². The molecule has 0 aromatic heterocycles. The van der Waals surface area contributed by atoms with E-state index < -0.39 is 23.8 Å². The SMILES string of the molecule is CCCN=C(/C(=C\N)C(F)F)c1cc(F)cc(C(=O)O)c1. The van der Waals surface area contributed by atoms with Crippen LogP contribution in [-0.4, -0.2) is 29.8 Å². The van der Waals surface area contributed by atoms with Crippen LogP contribution < -0.4 is 5.73 Å². The van der Waals surface area contributed by atoms with Crippen molar-refractivity contribution >= 4 is 11.7 Å². The van der Waals surface area contributed by atoms with Crippen molar-refractivity contribution in [2.45, 2.75) is 19.8 Å². The molecule has 21 heavy (non-hydrogen) atoms. The summed E-state index contributed by atoms with van der Waals surface area (Å²) >= 11 is 0. The third kappa shape index (κ3) is 4.34. The van der Waals surface area contributed by atoms with Gasteiger partial charge in [0, 0.05) is 18.3 Å². The normalized spacial score (nSPS) is 12.8. The van der Waals surface area contributed by atoms with Crippen LogP contribution in [0.1, 0.15) is 29.3 Å². The van der Waals surface area contributed by atoms with Gasteiger partial charge in [-0.2, -0.15) is 0 Å². The molecule has 0 spiro atoms. The molecular formula is C14H15F3N2O2. The van der Waals surface area contributed by atoms with Crippen LogP contribution in [0.4, 0.5) is 13.2 Å². The lowest BCUT2D eigenvalue weighted by Crippen LogP contribution is -2.16. The molecule has 1 aromatic rings. The molecule has 1 rings (SSSR count). The fraction of sp³-hybridized carbons (Fsp3) is 0.286. The molecule has 0 aliphatic heterocycles. The first kappa shape index (κ1) is 16.7. The van der Waals surface area contributed by atoms with E-state index in [1.165, 1.54) is 0 Å². The minimum Gasteiger partial charge on any atom is -0.478 e. The third-order valence-electron chi connectivity index (χ3n) is 2.60. The molecule has 3 N–H and O–H groups in total. The maximum Gasteiger partial charge on any atom is 0.335 e. The number of rotatable bonds is 6. The van der Waals surface area contributed by atoms with Crippen molar-refractivity contribution in [1.82, 2.24) is 0 Å². The van der Waals surface area contributed by atoms with Crippen molar-refractivity contribution in [3.8, 4) is 0 Å². The van der Waals surface area contributed by atoms with E-state index in [4.69, 9.17) is 10.8 Å². The predicted molar refractivity (Wildman–Crippen MR) is 73.3 cm³/mol. The first-order valence-electron chi connectivity index (χ1n) is 6.19. The van der Waals surface area contributed by atoms with Crippen LogP contribution in [0.3, 0.4) is 0 Å². The monoisotopic (exact) mass is 300 g/mol. The molecule has 0 aliphatic carbocycles. The minimum absolute atomic E-state index is 0.0437. The van der Waals surface area contributed by atoms with Crippen LogP contribution in [0.25, 0.3) is 0 Å². The largest absolute Gasteiger partial charge is 0.478 e. The first-order valence-corrected chi connectivity index (χ1v) is 6.19. The number of alkyl halides is 2. The number of benzene rings is 1. The smallest absolute Gasteiger partial charge is 0.335 e. The Morgan fingerprint density at radius 3 is 2.48 bits per heavy atom. The van der Waals surface area contributed by atoms with Gasteiger partial charge < -0.3 is 10.8 Å². The van der Waals surface area contributed by atoms with Gasteiger partial charge in [-0.15, -0.1) is 0 Å². The standard InChI is InChI=1S/C14H15F3N2O2/c1-2-3-19-12(11(7-18)13(16)17)8-4-9(14(20)21)6-10(15)5-8/h4-7,13H,2-3,18H2,1H3,(H,20,21)/b11-7+,19-12?. The molecule has 114 valence electrons. The highest BCUT2D eigenvalue weighted by atomic mass is 19.3. The second-order valence-electron chi connectivity index (χ2n) is 4.19. The molecule has 0 fully saturated rings. The van der Waals surface area contributed by atoms with Crippen molar-refractivity contribution < 1.29 is 23.1 Å². The summed E-state index contributed by atoms with van der Waals surface area (Å²) in [5, 5.41) is 8.90. The molecule has 0 radical (unpaired) electrons. The molecule has 1 aromatic carbocycles. The number of halogens is 3. The molecule has 0 saturated carbocycles. The molecule has 0 bridgehead atoms. The molecular weight excluding hydrogens is 285 g/mol. The Kier molecular flexibility index (Phi) is 5.95. The number of hydrogen-bond acceptors (Lipinski definition) is 3. The number of carboxylic acids is 1. The van der Waals surface area contributed by atoms with Gasteiger partial charge in [0.15, 0.2) is 0 Å². The summed E-state index contributed by atoms with van der Waals surface area (Å²) in [5.74, 6) is -2.21. The minimum atomic E-state index is -2.90. The topological polar surface area (TPSA) is 75.7 Å². The summed E-state index contributed by atoms with van der Waals surface area (Å²) in [4.78, 5) is 14.9. The van der Waals surface area contributed by atoms with Crippen LogP contribution >= 0.6 is 0 Å². The van der Waals surface area contributed by atoms with Gasteiger partial charge in [-0.3, -0.25) is 4.99 Å². The molecule has 0 aliphatic rings. The number of aromatic carboxylic acids is 1. The highest BCUT2D eigenvalue weighted by Crippen LogP contribution is 2.19. The van der Waals surface area contributed by atoms with E-state index in [0.29, 0.717) is 12.6 Å². The lowest BCUT2D eigenvalue weighted by Gasteiger charge is -2.11. The third-order valence-corrected chi connectivity index (χ3v) is 2.60. The van der Waals surface area contributed by atoms with Crippen molar-refractivity contribution in [2.75, 3.05) is 6.54 Å². The molecule has 0 saturated heterocycles. The average Bonchev–Trinajstić information content (AvgIpc) is 2.42. The highest BCUT2D eigenvalue weighted by molar-refractivity contribution is 6.13. The second kappa shape index (κ2) is 7.47. The van der Waals surface area contributed by atoms with Crippen LogP contribution in [0.2, 0.25) is 0 Å². The highest BCUT2D eigenvalue weighted by Gasteiger charge is 2.20. The summed E-state index contributed by atoms with van der Waals surface area (Å²) in [6.45, 7) is 2.03. The summed E-state index contributed by atoms with van der Waals surface area (Å²) in [6, 6.07) is 2.84. The number of allylic oxidation sites excluding steroid dienone is 1. The van der Waals surface area contributed by atoms with Crippen LogP contribution in [-0.2, 0) is 0 Å². The van der Waals surface area contributed by atoms with E-state index in [-0.39, 0.29) is 23.4 Å². The zero-order valence-electron chi connectivity index (χ0n) is 11.3. The van der Waals surface area contributed by atoms with Crippen LogP contribution in [0.5, 0.6) is 0 Å². The zero-order valence-corrected chi connectivity index (χ0v) is 11.3. The van der Waals surface area contributed by atoms with Crippen LogP contribution in [0.15, 0.2) is 35.0 Å². The Labute approximate surface area is 119 Å². The first-order chi connectivity index (χ1) is 9.90. The average molecular weight is 300 g/mol. The summed E-state index contributed by atoms with van der Waals surface area (Å²) in [6.07, 6.45) is -1.61. The summed E-state index contributed by atoms with van der Waals surface area (Å²) in [7, 11) is 0. The fourth-order valence-corrected chi connectivity index (χ4v) is 1.68. The van der Waals surface area contributed by atoms with Crippen molar-refractivity contribution in [2.24, 2.45) is 10.7 Å². The maximum atomic E-state index is 13.5. The van der Waals surface area contributed by atoms with E-state index in [1.807, 2.05) is 0 Å². The van der Waals surface area contributed by atoms with Gasteiger partial charge in [0.05, 0.1) is 16.8 Å². The van der Waals surface area contributed by atoms with Gasteiger partial charge in [-0.05, 0) is 24.6 Å². The number of nitrogens with two attached hydrogens (primary N) is 1. The predicted octanol–water partition coefficient (Wildman–Crippen LogP) is 2.83.